The van der Waals surface area contributed by atoms with E-state index < -0.39 is 0 Å². The van der Waals surface area contributed by atoms with Gasteiger partial charge in [-0.1, -0.05) is 0 Å². The molecule has 0 atom stereocenters. The van der Waals surface area contributed by atoms with E-state index in [9.17, 15) is 4.79 Å². The van der Waals surface area contributed by atoms with Crippen LogP contribution in [0.3, 0.4) is 0 Å². The third kappa shape index (κ3) is 3.22. The van der Waals surface area contributed by atoms with Crippen molar-refractivity contribution in [1.82, 2.24) is 9.97 Å². The second-order valence-electron chi connectivity index (χ2n) is 3.37. The largest absolute Gasteiger partial charge is 0.371 e. The summed E-state index contributed by atoms with van der Waals surface area (Å²) in [5, 5.41) is 0. The van der Waals surface area contributed by atoms with E-state index in [1.807, 2.05) is 20.8 Å². The second-order valence-corrected chi connectivity index (χ2v) is 3.37. The number of aromatic nitrogens is 2. The summed E-state index contributed by atoms with van der Waals surface area (Å²) in [7, 11) is 0. The van der Waals surface area contributed by atoms with Crippen LogP contribution in [0.4, 0.5) is 0 Å². The number of carbonyl (C=O) groups excluding carboxylic acids is 1. The number of ether oxygens (including phenoxy) is 1. The van der Waals surface area contributed by atoms with Gasteiger partial charge in [-0.2, -0.15) is 0 Å². The van der Waals surface area contributed by atoms with Gasteiger partial charge in [0.05, 0.1) is 6.10 Å². The molecule has 0 amide bonds. The van der Waals surface area contributed by atoms with E-state index in [0.717, 1.165) is 5.56 Å². The van der Waals surface area contributed by atoms with Crippen LogP contribution in [-0.2, 0) is 4.74 Å². The maximum absolute atomic E-state index is 11.4. The van der Waals surface area contributed by atoms with Crippen LogP contribution in [0.1, 0.15) is 30.0 Å². The number of aryl methyl sites for hydroxylation is 1. The molecule has 1 heterocycles. The van der Waals surface area contributed by atoms with Gasteiger partial charge in [0.25, 0.3) is 0 Å². The van der Waals surface area contributed by atoms with Crippen molar-refractivity contribution in [2.45, 2.75) is 26.9 Å². The average Bonchev–Trinajstić information content (AvgIpc) is 2.15. The summed E-state index contributed by atoms with van der Waals surface area (Å²) >= 11 is 0. The Morgan fingerprint density at radius 1 is 1.43 bits per heavy atom. The summed E-state index contributed by atoms with van der Waals surface area (Å²) in [5.74, 6) is 0.0370. The molecular formula is C10H14N2O2. The molecule has 14 heavy (non-hydrogen) atoms. The highest BCUT2D eigenvalue weighted by Crippen LogP contribution is 1.97. The fraction of sp³-hybridized carbons (Fsp3) is 0.500. The lowest BCUT2D eigenvalue weighted by atomic mass is 10.3. The van der Waals surface area contributed by atoms with Gasteiger partial charge in [0.2, 0.25) is 5.78 Å². The molecule has 0 N–H and O–H groups in total. The van der Waals surface area contributed by atoms with Gasteiger partial charge in [-0.05, 0) is 26.3 Å². The van der Waals surface area contributed by atoms with Crippen LogP contribution in [0.25, 0.3) is 0 Å². The van der Waals surface area contributed by atoms with Gasteiger partial charge in [0.1, 0.15) is 6.61 Å². The van der Waals surface area contributed by atoms with Gasteiger partial charge in [0, 0.05) is 12.4 Å². The smallest absolute Gasteiger partial charge is 0.225 e. The zero-order valence-electron chi connectivity index (χ0n) is 8.65. The molecular weight excluding hydrogens is 180 g/mol. The highest BCUT2D eigenvalue weighted by atomic mass is 16.5. The maximum atomic E-state index is 11.4. The summed E-state index contributed by atoms with van der Waals surface area (Å²) in [5.41, 5.74) is 0.936. The number of nitrogens with zero attached hydrogens (tertiary/aromatic N) is 2. The van der Waals surface area contributed by atoms with Gasteiger partial charge in [-0.15, -0.1) is 0 Å². The van der Waals surface area contributed by atoms with Crippen molar-refractivity contribution in [2.24, 2.45) is 0 Å². The Bertz CT molecular complexity index is 306. The predicted octanol–water partition coefficient (Wildman–Crippen LogP) is 1.39. The molecule has 0 unspecified atom stereocenters. The molecule has 0 aliphatic rings. The molecule has 1 aromatic heterocycles. The summed E-state index contributed by atoms with van der Waals surface area (Å²) in [4.78, 5) is 19.2. The first kappa shape index (κ1) is 10.8. The topological polar surface area (TPSA) is 52.1 Å². The molecule has 0 aliphatic carbocycles. The van der Waals surface area contributed by atoms with Crippen molar-refractivity contribution in [3.8, 4) is 0 Å². The normalized spacial score (nSPS) is 10.6. The molecule has 0 bridgehead atoms. The molecule has 0 radical (unpaired) electrons. The van der Waals surface area contributed by atoms with Gasteiger partial charge in [-0.25, -0.2) is 9.97 Å². The van der Waals surface area contributed by atoms with Crippen LogP contribution >= 0.6 is 0 Å². The van der Waals surface area contributed by atoms with Crippen LogP contribution in [0.5, 0.6) is 0 Å². The van der Waals surface area contributed by atoms with Crippen LogP contribution in [0.2, 0.25) is 0 Å². The zero-order valence-corrected chi connectivity index (χ0v) is 8.65. The Morgan fingerprint density at radius 3 is 2.50 bits per heavy atom. The van der Waals surface area contributed by atoms with E-state index in [4.69, 9.17) is 4.74 Å². The molecule has 76 valence electrons. The fourth-order valence-corrected chi connectivity index (χ4v) is 0.843. The molecule has 0 saturated heterocycles. The van der Waals surface area contributed by atoms with E-state index in [1.54, 1.807) is 12.4 Å². The number of hydrogen-bond donors (Lipinski definition) is 0. The Hall–Kier alpha value is -1.29. The summed E-state index contributed by atoms with van der Waals surface area (Å²) in [6.07, 6.45) is 3.29. The molecule has 0 fully saturated rings. The van der Waals surface area contributed by atoms with E-state index in [2.05, 4.69) is 9.97 Å². The third-order valence-electron chi connectivity index (χ3n) is 1.58. The minimum atomic E-state index is -0.182. The number of hydrogen-bond acceptors (Lipinski definition) is 4. The number of carbonyl (C=O) groups is 1. The monoisotopic (exact) mass is 194 g/mol. The average molecular weight is 194 g/mol. The van der Waals surface area contributed by atoms with Gasteiger partial charge in [-0.3, -0.25) is 4.79 Å². The lowest BCUT2D eigenvalue weighted by molar-refractivity contribution is 0.0576. The van der Waals surface area contributed by atoms with Crippen LogP contribution in [0.15, 0.2) is 12.4 Å². The van der Waals surface area contributed by atoms with Crippen molar-refractivity contribution >= 4 is 5.78 Å². The fourth-order valence-electron chi connectivity index (χ4n) is 0.843. The molecule has 4 nitrogen and oxygen atoms in total. The van der Waals surface area contributed by atoms with Crippen LogP contribution in [-0.4, -0.2) is 28.5 Å². The molecule has 4 heteroatoms. The standard InChI is InChI=1S/C10H14N2O2/c1-7(2)14-6-9(13)10-11-4-8(3)5-12-10/h4-5,7H,6H2,1-3H3. The minimum absolute atomic E-state index is 0.0424. The number of Topliss-reactive ketones (excluding diaryl/α,β-unsaturated/α-hetero) is 1. The SMILES string of the molecule is Cc1cnc(C(=O)COC(C)C)nc1. The molecule has 0 spiro atoms. The van der Waals surface area contributed by atoms with Crippen molar-refractivity contribution in [3.05, 3.63) is 23.8 Å². The van der Waals surface area contributed by atoms with E-state index in [0.29, 0.717) is 0 Å². The zero-order chi connectivity index (χ0) is 10.6. The summed E-state index contributed by atoms with van der Waals surface area (Å²) in [6.45, 7) is 5.67. The Kier molecular flexibility index (Phi) is 3.71. The molecule has 1 rings (SSSR count). The maximum Gasteiger partial charge on any atom is 0.225 e. The summed E-state index contributed by atoms with van der Waals surface area (Å²) < 4.78 is 5.16. The molecule has 1 aromatic rings. The van der Waals surface area contributed by atoms with E-state index >= 15 is 0 Å². The highest BCUT2D eigenvalue weighted by Gasteiger charge is 2.09. The predicted molar refractivity (Wildman–Crippen MR) is 52.2 cm³/mol. The number of rotatable bonds is 4. The molecule has 0 saturated carbocycles. The van der Waals surface area contributed by atoms with Gasteiger partial charge < -0.3 is 4.74 Å². The van der Waals surface area contributed by atoms with Crippen molar-refractivity contribution in [2.75, 3.05) is 6.61 Å². The lowest BCUT2D eigenvalue weighted by Crippen LogP contribution is -2.15. The first-order valence-electron chi connectivity index (χ1n) is 4.53. The van der Waals surface area contributed by atoms with Crippen LogP contribution < -0.4 is 0 Å². The highest BCUT2D eigenvalue weighted by molar-refractivity contribution is 5.93. The summed E-state index contributed by atoms with van der Waals surface area (Å²) in [6, 6.07) is 0. The minimum Gasteiger partial charge on any atom is -0.371 e. The van der Waals surface area contributed by atoms with Gasteiger partial charge in [0.15, 0.2) is 5.82 Å². The quantitative estimate of drug-likeness (QED) is 0.680. The lowest BCUT2D eigenvalue weighted by Gasteiger charge is -2.05. The first-order chi connectivity index (χ1) is 6.59. The Balaban J connectivity index is 2.57. The second kappa shape index (κ2) is 4.81. The van der Waals surface area contributed by atoms with Crippen molar-refractivity contribution in [3.63, 3.8) is 0 Å². The number of ketones is 1. The third-order valence-corrected chi connectivity index (χ3v) is 1.58. The van der Waals surface area contributed by atoms with Crippen LogP contribution in [0, 0.1) is 6.92 Å². The van der Waals surface area contributed by atoms with E-state index in [1.165, 1.54) is 0 Å². The van der Waals surface area contributed by atoms with Crippen molar-refractivity contribution < 1.29 is 9.53 Å². The Labute approximate surface area is 83.3 Å². The van der Waals surface area contributed by atoms with Crippen molar-refractivity contribution in [1.29, 1.82) is 0 Å². The van der Waals surface area contributed by atoms with Gasteiger partial charge >= 0.3 is 0 Å². The van der Waals surface area contributed by atoms with E-state index in [-0.39, 0.29) is 24.3 Å². The first-order valence-corrected chi connectivity index (χ1v) is 4.53. The Morgan fingerprint density at radius 2 is 2.00 bits per heavy atom. The molecule has 0 aliphatic heterocycles. The molecule has 0 aromatic carbocycles.